The van der Waals surface area contributed by atoms with Gasteiger partial charge in [-0.2, -0.15) is 0 Å². The molecular weight excluding hydrogens is 298 g/mol. The summed E-state index contributed by atoms with van der Waals surface area (Å²) in [6, 6.07) is 9.82. The van der Waals surface area contributed by atoms with Gasteiger partial charge in [-0.15, -0.1) is 11.3 Å². The Hall–Kier alpha value is -2.34. The number of benzene rings is 1. The van der Waals surface area contributed by atoms with Gasteiger partial charge in [0.15, 0.2) is 11.7 Å². The van der Waals surface area contributed by atoms with Crippen molar-refractivity contribution in [3.05, 3.63) is 58.4 Å². The van der Waals surface area contributed by atoms with Gasteiger partial charge in [-0.05, 0) is 31.9 Å². The molecule has 6 heteroatoms. The number of anilines is 1. The molecule has 0 fully saturated rings. The highest BCUT2D eigenvalue weighted by atomic mass is 32.1. The average Bonchev–Trinajstić information content (AvgIpc) is 2.95. The molecule has 0 amide bonds. The van der Waals surface area contributed by atoms with Gasteiger partial charge in [0.25, 0.3) is 0 Å². The molecule has 1 N–H and O–H groups in total. The van der Waals surface area contributed by atoms with Crippen LogP contribution in [0, 0.1) is 0 Å². The van der Waals surface area contributed by atoms with E-state index in [0.717, 1.165) is 17.0 Å². The molecular formula is C16H18N3O2S. The Morgan fingerprint density at radius 3 is 2.68 bits per heavy atom. The molecule has 0 atom stereocenters. The number of hydrogen-bond donors (Lipinski definition) is 1. The van der Waals surface area contributed by atoms with Gasteiger partial charge in [-0.25, -0.2) is 4.98 Å². The van der Waals surface area contributed by atoms with Crippen molar-refractivity contribution in [2.45, 2.75) is 27.4 Å². The molecule has 22 heavy (non-hydrogen) atoms. The summed E-state index contributed by atoms with van der Waals surface area (Å²) in [5.74, 6) is -0.125. The van der Waals surface area contributed by atoms with E-state index in [4.69, 9.17) is 4.84 Å². The first-order valence-electron chi connectivity index (χ1n) is 6.84. The second-order valence-corrected chi connectivity index (χ2v) is 5.77. The van der Waals surface area contributed by atoms with E-state index in [2.05, 4.69) is 15.5 Å². The maximum absolute atomic E-state index is 11.5. The van der Waals surface area contributed by atoms with Crippen molar-refractivity contribution in [1.82, 2.24) is 4.98 Å². The van der Waals surface area contributed by atoms with E-state index < -0.39 is 0 Å². The fraction of sp³-hybridized carbons (Fsp3) is 0.250. The lowest BCUT2D eigenvalue weighted by Gasteiger charge is -2.01. The summed E-state index contributed by atoms with van der Waals surface area (Å²) in [4.78, 5) is 9.60. The topological polar surface area (TPSA) is 66.4 Å². The van der Waals surface area contributed by atoms with Gasteiger partial charge in [-0.1, -0.05) is 35.5 Å². The molecule has 2 rings (SSSR count). The highest BCUT2D eigenvalue weighted by Crippen LogP contribution is 2.18. The quantitative estimate of drug-likeness (QED) is 0.494. The standard InChI is InChI=1S/C16H18N3O2S/c1-11(2)15(20)18-16-17-14(10-22-16)9-21-19-12(3)13-7-5-4-6-8-13/h4-8,10H,9H2,1-3H3,(H,17,18)/b19-12+. The Labute approximate surface area is 134 Å². The van der Waals surface area contributed by atoms with E-state index in [-0.39, 0.29) is 12.5 Å². The number of oxime groups is 1. The normalized spacial score (nSPS) is 11.1. The molecule has 0 bridgehead atoms. The van der Waals surface area contributed by atoms with Crippen molar-refractivity contribution in [2.75, 3.05) is 5.32 Å². The van der Waals surface area contributed by atoms with Crippen molar-refractivity contribution < 1.29 is 9.94 Å². The maximum atomic E-state index is 11.5. The Kier molecular flexibility index (Phi) is 5.55. The fourth-order valence-corrected chi connectivity index (χ4v) is 2.27. The van der Waals surface area contributed by atoms with Crippen molar-refractivity contribution in [3.8, 4) is 0 Å². The van der Waals surface area contributed by atoms with Crippen molar-refractivity contribution in [1.29, 1.82) is 0 Å². The fourth-order valence-electron chi connectivity index (χ4n) is 1.58. The average molecular weight is 316 g/mol. The molecule has 1 heterocycles. The van der Waals surface area contributed by atoms with E-state index in [1.54, 1.807) is 13.8 Å². The first-order chi connectivity index (χ1) is 10.6. The highest BCUT2D eigenvalue weighted by molar-refractivity contribution is 7.13. The first-order valence-corrected chi connectivity index (χ1v) is 7.72. The van der Waals surface area contributed by atoms with Gasteiger partial charge in [0.1, 0.15) is 0 Å². The van der Waals surface area contributed by atoms with Crippen LogP contribution in [0.15, 0.2) is 52.3 Å². The number of allylic oxidation sites excluding steroid dienone is 1. The number of hydrogen-bond acceptors (Lipinski definition) is 5. The third kappa shape index (κ3) is 4.60. The molecule has 1 aromatic carbocycles. The summed E-state index contributed by atoms with van der Waals surface area (Å²) in [6.45, 7) is 5.68. The van der Waals surface area contributed by atoms with Crippen LogP contribution in [0.25, 0.3) is 0 Å². The summed E-state index contributed by atoms with van der Waals surface area (Å²) in [6.07, 6.45) is 0. The Bertz CT molecular complexity index is 674. The van der Waals surface area contributed by atoms with Crippen LogP contribution in [0.1, 0.15) is 32.0 Å². The minimum Gasteiger partial charge on any atom is -0.389 e. The third-order valence-corrected chi connectivity index (χ3v) is 3.64. The van der Waals surface area contributed by atoms with Gasteiger partial charge >= 0.3 is 0 Å². The van der Waals surface area contributed by atoms with Crippen LogP contribution in [0.5, 0.6) is 0 Å². The van der Waals surface area contributed by atoms with Gasteiger partial charge < -0.3 is 4.84 Å². The number of rotatable bonds is 6. The van der Waals surface area contributed by atoms with Crippen LogP contribution < -0.4 is 5.32 Å². The molecule has 0 saturated heterocycles. The van der Waals surface area contributed by atoms with E-state index in [1.807, 2.05) is 42.6 Å². The number of nitrogens with zero attached hydrogens (tertiary/aromatic N) is 2. The van der Waals surface area contributed by atoms with Gasteiger partial charge in [0.2, 0.25) is 5.88 Å². The van der Waals surface area contributed by atoms with Gasteiger partial charge in [-0.3, -0.25) is 10.4 Å². The summed E-state index contributed by atoms with van der Waals surface area (Å²) in [5, 5.41) is 20.8. The number of thiazole rings is 1. The number of aromatic nitrogens is 1. The molecule has 0 aliphatic carbocycles. The Morgan fingerprint density at radius 1 is 1.27 bits per heavy atom. The van der Waals surface area contributed by atoms with Crippen LogP contribution in [0.2, 0.25) is 0 Å². The highest BCUT2D eigenvalue weighted by Gasteiger charge is 2.06. The smallest absolute Gasteiger partial charge is 0.248 e. The lowest BCUT2D eigenvalue weighted by molar-refractivity contribution is 0.128. The van der Waals surface area contributed by atoms with E-state index in [9.17, 15) is 5.11 Å². The van der Waals surface area contributed by atoms with Crippen LogP contribution in [0.4, 0.5) is 5.13 Å². The zero-order valence-electron chi connectivity index (χ0n) is 12.8. The lowest BCUT2D eigenvalue weighted by Crippen LogP contribution is -1.99. The molecule has 0 spiro atoms. The third-order valence-electron chi connectivity index (χ3n) is 2.83. The molecule has 0 saturated carbocycles. The summed E-state index contributed by atoms with van der Waals surface area (Å²) >= 11 is 1.37. The number of nitrogens with one attached hydrogen (secondary N) is 1. The second kappa shape index (κ2) is 7.61. The monoisotopic (exact) mass is 316 g/mol. The summed E-state index contributed by atoms with van der Waals surface area (Å²) in [5.41, 5.74) is 3.25. The predicted octanol–water partition coefficient (Wildman–Crippen LogP) is 4.18. The first kappa shape index (κ1) is 16.0. The molecule has 0 aliphatic rings. The second-order valence-electron chi connectivity index (χ2n) is 4.91. The van der Waals surface area contributed by atoms with Crippen LogP contribution >= 0.6 is 11.3 Å². The largest absolute Gasteiger partial charge is 0.389 e. The molecule has 0 unspecified atom stereocenters. The van der Waals surface area contributed by atoms with E-state index in [1.165, 1.54) is 11.3 Å². The molecule has 2 aromatic rings. The SMILES string of the molecule is CC(C)=C([O])Nc1nc(CO/N=C(\C)c2ccccc2)cs1. The van der Waals surface area contributed by atoms with Crippen LogP contribution in [-0.2, 0) is 16.6 Å². The summed E-state index contributed by atoms with van der Waals surface area (Å²) < 4.78 is 0. The molecule has 0 aliphatic heterocycles. The Balaban J connectivity index is 1.90. The maximum Gasteiger partial charge on any atom is 0.248 e. The zero-order valence-corrected chi connectivity index (χ0v) is 13.6. The van der Waals surface area contributed by atoms with Gasteiger partial charge in [0, 0.05) is 5.38 Å². The van der Waals surface area contributed by atoms with Crippen molar-refractivity contribution >= 4 is 22.2 Å². The van der Waals surface area contributed by atoms with E-state index in [0.29, 0.717) is 10.7 Å². The lowest BCUT2D eigenvalue weighted by atomic mass is 10.1. The minimum atomic E-state index is -0.125. The molecule has 1 radical (unpaired) electrons. The van der Waals surface area contributed by atoms with Gasteiger partial charge in [0.05, 0.1) is 11.4 Å². The molecule has 5 nitrogen and oxygen atoms in total. The zero-order chi connectivity index (χ0) is 15.9. The van der Waals surface area contributed by atoms with Crippen molar-refractivity contribution in [3.63, 3.8) is 0 Å². The minimum absolute atomic E-state index is 0.125. The van der Waals surface area contributed by atoms with Crippen molar-refractivity contribution in [2.24, 2.45) is 5.16 Å². The summed E-state index contributed by atoms with van der Waals surface area (Å²) in [7, 11) is 0. The predicted molar refractivity (Wildman–Crippen MR) is 88.2 cm³/mol. The molecule has 1 aromatic heterocycles. The Morgan fingerprint density at radius 2 is 2.00 bits per heavy atom. The van der Waals surface area contributed by atoms with Crippen LogP contribution in [-0.4, -0.2) is 10.7 Å². The molecule has 115 valence electrons. The van der Waals surface area contributed by atoms with Crippen LogP contribution in [0.3, 0.4) is 0 Å². The van der Waals surface area contributed by atoms with E-state index >= 15 is 0 Å².